The van der Waals surface area contributed by atoms with Crippen LogP contribution in [0.4, 0.5) is 0 Å². The molecule has 0 aliphatic carbocycles. The zero-order valence-corrected chi connectivity index (χ0v) is 10.1. The smallest absolute Gasteiger partial charge is 0.0440 e. The molecule has 78 valence electrons. The Kier molecular flexibility index (Phi) is 4.47. The summed E-state index contributed by atoms with van der Waals surface area (Å²) in [5, 5.41) is 0.935. The lowest BCUT2D eigenvalue weighted by Crippen LogP contribution is -1.99. The molecule has 0 radical (unpaired) electrons. The Balaban J connectivity index is 3.07. The molecule has 0 nitrogen and oxygen atoms in total. The van der Waals surface area contributed by atoms with Crippen molar-refractivity contribution in [2.45, 2.75) is 46.0 Å². The maximum absolute atomic E-state index is 6.21. The van der Waals surface area contributed by atoms with Crippen LogP contribution >= 0.6 is 11.6 Å². The molecule has 0 heterocycles. The maximum atomic E-state index is 6.21. The van der Waals surface area contributed by atoms with Gasteiger partial charge in [-0.3, -0.25) is 0 Å². The van der Waals surface area contributed by atoms with Gasteiger partial charge >= 0.3 is 0 Å². The first-order valence-corrected chi connectivity index (χ1v) is 5.85. The molecule has 1 aromatic carbocycles. The lowest BCUT2D eigenvalue weighted by molar-refractivity contribution is 0.718. The molecular weight excluding hydrogens is 192 g/mol. The molecule has 0 aliphatic heterocycles. The Labute approximate surface area is 92.3 Å². The van der Waals surface area contributed by atoms with Crippen molar-refractivity contribution in [3.05, 3.63) is 34.3 Å². The highest BCUT2D eigenvalue weighted by Gasteiger charge is 2.10. The van der Waals surface area contributed by atoms with Gasteiger partial charge in [0.15, 0.2) is 0 Å². The summed E-state index contributed by atoms with van der Waals surface area (Å²) in [7, 11) is 0. The largest absolute Gasteiger partial charge is 0.0840 e. The lowest BCUT2D eigenvalue weighted by atomic mass is 9.92. The molecule has 1 aromatic rings. The van der Waals surface area contributed by atoms with Crippen LogP contribution in [0.5, 0.6) is 0 Å². The second-order valence-electron chi connectivity index (χ2n) is 3.87. The molecule has 0 N–H and O–H groups in total. The summed E-state index contributed by atoms with van der Waals surface area (Å²) in [4.78, 5) is 0. The summed E-state index contributed by atoms with van der Waals surface area (Å²) in [6.07, 6.45) is 3.43. The fourth-order valence-electron chi connectivity index (χ4n) is 1.77. The van der Waals surface area contributed by atoms with Gasteiger partial charge in [0.1, 0.15) is 0 Å². The predicted molar refractivity (Wildman–Crippen MR) is 64.2 cm³/mol. The summed E-state index contributed by atoms with van der Waals surface area (Å²) in [5.74, 6) is 0.621. The number of hydrogen-bond acceptors (Lipinski definition) is 0. The minimum atomic E-state index is 0.621. The summed E-state index contributed by atoms with van der Waals surface area (Å²) < 4.78 is 0. The van der Waals surface area contributed by atoms with Crippen molar-refractivity contribution in [2.24, 2.45) is 0 Å². The quantitative estimate of drug-likeness (QED) is 0.670. The monoisotopic (exact) mass is 210 g/mol. The van der Waals surface area contributed by atoms with Crippen molar-refractivity contribution in [1.82, 2.24) is 0 Å². The highest BCUT2D eigenvalue weighted by Crippen LogP contribution is 2.28. The Hall–Kier alpha value is -0.490. The third-order valence-corrected chi connectivity index (χ3v) is 3.15. The summed E-state index contributed by atoms with van der Waals surface area (Å²) in [5.41, 5.74) is 2.79. The third-order valence-electron chi connectivity index (χ3n) is 2.80. The molecule has 0 saturated carbocycles. The van der Waals surface area contributed by atoms with Gasteiger partial charge in [-0.2, -0.15) is 0 Å². The van der Waals surface area contributed by atoms with Gasteiger partial charge in [0, 0.05) is 5.02 Å². The lowest BCUT2D eigenvalue weighted by Gasteiger charge is -2.15. The van der Waals surface area contributed by atoms with Crippen molar-refractivity contribution < 1.29 is 0 Å². The molecular formula is C13H19Cl. The van der Waals surface area contributed by atoms with Gasteiger partial charge < -0.3 is 0 Å². The first-order chi connectivity index (χ1) is 6.70. The first kappa shape index (κ1) is 11.6. The van der Waals surface area contributed by atoms with E-state index in [4.69, 9.17) is 11.6 Å². The van der Waals surface area contributed by atoms with Gasteiger partial charge in [-0.15, -0.1) is 0 Å². The van der Waals surface area contributed by atoms with Crippen LogP contribution < -0.4 is 0 Å². The van der Waals surface area contributed by atoms with Gasteiger partial charge in [-0.25, -0.2) is 0 Å². The predicted octanol–water partition coefficient (Wildman–Crippen LogP) is 4.81. The fraction of sp³-hybridized carbons (Fsp3) is 0.538. The van der Waals surface area contributed by atoms with Crippen LogP contribution in [0.2, 0.25) is 5.02 Å². The molecule has 0 fully saturated rings. The summed E-state index contributed by atoms with van der Waals surface area (Å²) in [6.45, 7) is 6.69. The van der Waals surface area contributed by atoms with E-state index in [1.807, 2.05) is 6.07 Å². The van der Waals surface area contributed by atoms with E-state index in [0.29, 0.717) is 5.92 Å². The topological polar surface area (TPSA) is 0 Å². The minimum absolute atomic E-state index is 0.621. The fourth-order valence-corrected chi connectivity index (χ4v) is 2.05. The van der Waals surface area contributed by atoms with Gasteiger partial charge in [-0.05, 0) is 36.0 Å². The van der Waals surface area contributed by atoms with Crippen LogP contribution in [0.1, 0.15) is 50.7 Å². The number of halogens is 1. The Morgan fingerprint density at radius 1 is 1.29 bits per heavy atom. The number of hydrogen-bond donors (Lipinski definition) is 0. The number of rotatable bonds is 4. The molecule has 0 aliphatic rings. The van der Waals surface area contributed by atoms with Crippen LogP contribution in [0, 0.1) is 0 Å². The second kappa shape index (κ2) is 5.41. The van der Waals surface area contributed by atoms with Crippen molar-refractivity contribution in [1.29, 1.82) is 0 Å². The number of benzene rings is 1. The average Bonchev–Trinajstić information content (AvgIpc) is 2.20. The van der Waals surface area contributed by atoms with Crippen molar-refractivity contribution in [2.75, 3.05) is 0 Å². The normalized spacial score (nSPS) is 12.9. The van der Waals surface area contributed by atoms with Crippen LogP contribution in [-0.2, 0) is 6.42 Å². The molecule has 1 heteroatoms. The van der Waals surface area contributed by atoms with Crippen LogP contribution in [0.3, 0.4) is 0 Å². The first-order valence-electron chi connectivity index (χ1n) is 5.48. The van der Waals surface area contributed by atoms with Crippen LogP contribution in [0.15, 0.2) is 18.2 Å². The van der Waals surface area contributed by atoms with Crippen LogP contribution in [-0.4, -0.2) is 0 Å². The van der Waals surface area contributed by atoms with Crippen molar-refractivity contribution in [3.8, 4) is 0 Å². The van der Waals surface area contributed by atoms with Crippen molar-refractivity contribution in [3.63, 3.8) is 0 Å². The van der Waals surface area contributed by atoms with E-state index in [9.17, 15) is 0 Å². The molecule has 1 rings (SSSR count). The van der Waals surface area contributed by atoms with E-state index in [2.05, 4.69) is 32.9 Å². The molecule has 0 spiro atoms. The average molecular weight is 211 g/mol. The van der Waals surface area contributed by atoms with E-state index in [1.165, 1.54) is 17.5 Å². The Morgan fingerprint density at radius 2 is 2.00 bits per heavy atom. The van der Waals surface area contributed by atoms with E-state index in [1.54, 1.807) is 0 Å². The van der Waals surface area contributed by atoms with Gasteiger partial charge in [0.05, 0.1) is 0 Å². The van der Waals surface area contributed by atoms with E-state index >= 15 is 0 Å². The standard InChI is InChI=1S/C13H19Cl/c1-4-7-12-11(10(3)5-2)8-6-9-13(12)14/h6,8-10H,4-5,7H2,1-3H3. The molecule has 14 heavy (non-hydrogen) atoms. The van der Waals surface area contributed by atoms with E-state index in [-0.39, 0.29) is 0 Å². The summed E-state index contributed by atoms with van der Waals surface area (Å²) >= 11 is 6.21. The van der Waals surface area contributed by atoms with Crippen LogP contribution in [0.25, 0.3) is 0 Å². The minimum Gasteiger partial charge on any atom is -0.0840 e. The van der Waals surface area contributed by atoms with Gasteiger partial charge in [-0.1, -0.05) is 50.9 Å². The molecule has 0 amide bonds. The Bertz CT molecular complexity index is 291. The van der Waals surface area contributed by atoms with E-state index in [0.717, 1.165) is 17.9 Å². The molecule has 1 atom stereocenters. The molecule has 1 unspecified atom stereocenters. The third kappa shape index (κ3) is 2.51. The second-order valence-corrected chi connectivity index (χ2v) is 4.27. The SMILES string of the molecule is CCCc1c(Cl)cccc1C(C)CC. The Morgan fingerprint density at radius 3 is 2.57 bits per heavy atom. The maximum Gasteiger partial charge on any atom is 0.0440 e. The van der Waals surface area contributed by atoms with Gasteiger partial charge in [0.2, 0.25) is 0 Å². The molecule has 0 aromatic heterocycles. The molecule has 0 bridgehead atoms. The molecule has 0 saturated heterocycles. The highest BCUT2D eigenvalue weighted by molar-refractivity contribution is 6.31. The highest BCUT2D eigenvalue weighted by atomic mass is 35.5. The summed E-state index contributed by atoms with van der Waals surface area (Å²) in [6, 6.07) is 6.27. The zero-order chi connectivity index (χ0) is 10.6. The van der Waals surface area contributed by atoms with Gasteiger partial charge in [0.25, 0.3) is 0 Å². The zero-order valence-electron chi connectivity index (χ0n) is 9.31. The van der Waals surface area contributed by atoms with E-state index < -0.39 is 0 Å². The van der Waals surface area contributed by atoms with Crippen molar-refractivity contribution >= 4 is 11.6 Å².